The summed E-state index contributed by atoms with van der Waals surface area (Å²) >= 11 is 0. The number of nitrogens with one attached hydrogen (secondary N) is 1. The molecular weight excluding hydrogens is 388 g/mol. The number of benzene rings is 1. The highest BCUT2D eigenvalue weighted by atomic mass is 19.2. The molecule has 0 saturated carbocycles. The van der Waals surface area contributed by atoms with E-state index in [4.69, 9.17) is 4.84 Å². The Balaban J connectivity index is 2.37. The fourth-order valence-corrected chi connectivity index (χ4v) is 3.20. The van der Waals surface area contributed by atoms with Gasteiger partial charge in [-0.05, 0) is 44.9 Å². The first kappa shape index (κ1) is 22.7. The van der Waals surface area contributed by atoms with Gasteiger partial charge in [-0.3, -0.25) is 14.9 Å². The maximum atomic E-state index is 13.7. The number of nitrogens with zero attached hydrogens (tertiary/aromatic N) is 2. The van der Waals surface area contributed by atoms with Crippen LogP contribution < -0.4 is 5.32 Å². The number of piperidine rings is 1. The predicted octanol–water partition coefficient (Wildman–Crippen LogP) is 2.41. The second-order valence-corrected chi connectivity index (χ2v) is 8.13. The monoisotopic (exact) mass is 413 g/mol. The molecule has 1 heterocycles. The van der Waals surface area contributed by atoms with Gasteiger partial charge < -0.3 is 10.2 Å². The Morgan fingerprint density at radius 1 is 1.31 bits per heavy atom. The average molecular weight is 413 g/mol. The quantitative estimate of drug-likeness (QED) is 0.588. The van der Waals surface area contributed by atoms with Crippen LogP contribution in [0.5, 0.6) is 0 Å². The minimum atomic E-state index is -1.23. The zero-order valence-electron chi connectivity index (χ0n) is 16.8. The molecule has 1 aromatic carbocycles. The van der Waals surface area contributed by atoms with Crippen LogP contribution in [-0.4, -0.2) is 47.5 Å². The van der Waals surface area contributed by atoms with Crippen LogP contribution >= 0.6 is 0 Å². The summed E-state index contributed by atoms with van der Waals surface area (Å²) in [6.45, 7) is 4.65. The SMILES string of the molecule is CNC(=O)C[C@@H]1C[C@@H](c2ccc(F)c(F)c2)[C@H]([N+](=O)[O-])CN1OC(=O)C(C)(C)C. The van der Waals surface area contributed by atoms with Gasteiger partial charge in [0.1, 0.15) is 6.54 Å². The first-order valence-corrected chi connectivity index (χ1v) is 9.22. The molecule has 1 aliphatic heterocycles. The first-order valence-electron chi connectivity index (χ1n) is 9.22. The molecule has 8 nitrogen and oxygen atoms in total. The van der Waals surface area contributed by atoms with Crippen LogP contribution in [0.4, 0.5) is 8.78 Å². The fraction of sp³-hybridized carbons (Fsp3) is 0.579. The molecule has 3 atom stereocenters. The van der Waals surface area contributed by atoms with Crippen LogP contribution in [0, 0.1) is 27.2 Å². The zero-order valence-corrected chi connectivity index (χ0v) is 16.8. The highest BCUT2D eigenvalue weighted by molar-refractivity contribution is 5.76. The molecule has 0 spiro atoms. The largest absolute Gasteiger partial charge is 0.367 e. The van der Waals surface area contributed by atoms with Crippen molar-refractivity contribution in [2.45, 2.75) is 51.6 Å². The second-order valence-electron chi connectivity index (χ2n) is 8.13. The summed E-state index contributed by atoms with van der Waals surface area (Å²) in [5.41, 5.74) is -0.590. The first-order chi connectivity index (χ1) is 13.4. The molecule has 0 aliphatic carbocycles. The van der Waals surface area contributed by atoms with Gasteiger partial charge in [-0.2, -0.15) is 0 Å². The lowest BCUT2D eigenvalue weighted by Gasteiger charge is -2.39. The van der Waals surface area contributed by atoms with Crippen molar-refractivity contribution in [2.24, 2.45) is 5.41 Å². The summed E-state index contributed by atoms with van der Waals surface area (Å²) in [6, 6.07) is 1.27. The third kappa shape index (κ3) is 5.47. The van der Waals surface area contributed by atoms with Gasteiger partial charge in [0, 0.05) is 18.4 Å². The fourth-order valence-electron chi connectivity index (χ4n) is 3.20. The maximum absolute atomic E-state index is 13.7. The minimum Gasteiger partial charge on any atom is -0.367 e. The van der Waals surface area contributed by atoms with Crippen molar-refractivity contribution < 1.29 is 28.1 Å². The predicted molar refractivity (Wildman–Crippen MR) is 99.2 cm³/mol. The van der Waals surface area contributed by atoms with Gasteiger partial charge in [0.25, 0.3) is 0 Å². The molecule has 1 fully saturated rings. The van der Waals surface area contributed by atoms with Crippen LogP contribution in [0.25, 0.3) is 0 Å². The molecule has 1 N–H and O–H groups in total. The molecule has 2 rings (SSSR count). The Morgan fingerprint density at radius 2 is 1.97 bits per heavy atom. The smallest absolute Gasteiger partial charge is 0.330 e. The molecule has 0 bridgehead atoms. The third-order valence-corrected chi connectivity index (χ3v) is 4.92. The number of amides is 1. The van der Waals surface area contributed by atoms with Gasteiger partial charge in [-0.15, -0.1) is 5.06 Å². The van der Waals surface area contributed by atoms with Crippen LogP contribution in [0.1, 0.15) is 45.1 Å². The zero-order chi connectivity index (χ0) is 21.9. The number of hydrogen-bond donors (Lipinski definition) is 1. The standard InChI is InChI=1S/C19H25F2N3O5/c1-19(2,3)18(26)29-23-10-16(24(27)28)13(8-12(23)9-17(25)22-4)11-5-6-14(20)15(21)7-11/h5-7,12-13,16H,8-10H2,1-4H3,(H,22,25)/t12-,13-,16+/m0/s1. The minimum absolute atomic E-state index is 0.0571. The lowest BCUT2D eigenvalue weighted by atomic mass is 9.81. The Bertz CT molecular complexity index is 797. The van der Waals surface area contributed by atoms with Gasteiger partial charge in [0.2, 0.25) is 11.9 Å². The van der Waals surface area contributed by atoms with E-state index in [0.717, 1.165) is 12.1 Å². The number of hydrogen-bond acceptors (Lipinski definition) is 6. The van der Waals surface area contributed by atoms with Gasteiger partial charge >= 0.3 is 5.97 Å². The molecule has 160 valence electrons. The van der Waals surface area contributed by atoms with Crippen molar-refractivity contribution in [3.8, 4) is 0 Å². The van der Waals surface area contributed by atoms with Crippen molar-refractivity contribution in [3.63, 3.8) is 0 Å². The Morgan fingerprint density at radius 3 is 2.48 bits per heavy atom. The van der Waals surface area contributed by atoms with Gasteiger partial charge in [0.05, 0.1) is 17.4 Å². The van der Waals surface area contributed by atoms with Gasteiger partial charge in [-0.25, -0.2) is 13.6 Å². The van der Waals surface area contributed by atoms with E-state index < -0.39 is 45.9 Å². The van der Waals surface area contributed by atoms with E-state index in [1.807, 2.05) is 0 Å². The van der Waals surface area contributed by atoms with E-state index in [1.165, 1.54) is 18.2 Å². The van der Waals surface area contributed by atoms with Crippen LogP contribution in [0.3, 0.4) is 0 Å². The maximum Gasteiger partial charge on any atom is 0.330 e. The Labute approximate surface area is 167 Å². The molecule has 29 heavy (non-hydrogen) atoms. The van der Waals surface area contributed by atoms with Crippen molar-refractivity contribution in [2.75, 3.05) is 13.6 Å². The van der Waals surface area contributed by atoms with Crippen LogP contribution in [0.15, 0.2) is 18.2 Å². The average Bonchev–Trinajstić information content (AvgIpc) is 2.63. The van der Waals surface area contributed by atoms with E-state index in [-0.39, 0.29) is 30.9 Å². The number of carbonyl (C=O) groups is 2. The van der Waals surface area contributed by atoms with E-state index in [1.54, 1.807) is 20.8 Å². The second kappa shape index (κ2) is 8.81. The summed E-state index contributed by atoms with van der Waals surface area (Å²) in [7, 11) is 1.45. The van der Waals surface area contributed by atoms with Gasteiger partial charge in [0.15, 0.2) is 11.6 Å². The van der Waals surface area contributed by atoms with E-state index >= 15 is 0 Å². The number of halogens is 2. The summed E-state index contributed by atoms with van der Waals surface area (Å²) in [5, 5.41) is 15.3. The molecule has 0 aromatic heterocycles. The van der Waals surface area contributed by atoms with Crippen molar-refractivity contribution >= 4 is 11.9 Å². The third-order valence-electron chi connectivity index (χ3n) is 4.92. The number of carbonyl (C=O) groups excluding carboxylic acids is 2. The molecule has 10 heteroatoms. The molecule has 1 amide bonds. The normalized spacial score (nSPS) is 22.8. The lowest BCUT2D eigenvalue weighted by Crippen LogP contribution is -2.54. The highest BCUT2D eigenvalue weighted by Gasteiger charge is 2.46. The number of rotatable bonds is 5. The topological polar surface area (TPSA) is 102 Å². The van der Waals surface area contributed by atoms with Gasteiger partial charge in [-0.1, -0.05) is 6.07 Å². The number of hydroxylamine groups is 2. The Kier molecular flexibility index (Phi) is 6.89. The Hall–Kier alpha value is -2.62. The molecule has 0 radical (unpaired) electrons. The number of nitro groups is 1. The van der Waals surface area contributed by atoms with Crippen molar-refractivity contribution in [1.82, 2.24) is 10.4 Å². The molecule has 1 aromatic rings. The van der Waals surface area contributed by atoms with E-state index in [2.05, 4.69) is 5.32 Å². The highest BCUT2D eigenvalue weighted by Crippen LogP contribution is 2.36. The summed E-state index contributed by atoms with van der Waals surface area (Å²) in [4.78, 5) is 40.8. The van der Waals surface area contributed by atoms with E-state index in [9.17, 15) is 28.5 Å². The van der Waals surface area contributed by atoms with Crippen LogP contribution in [0.2, 0.25) is 0 Å². The van der Waals surface area contributed by atoms with Crippen molar-refractivity contribution in [1.29, 1.82) is 0 Å². The summed E-state index contributed by atoms with van der Waals surface area (Å²) < 4.78 is 27.0. The summed E-state index contributed by atoms with van der Waals surface area (Å²) in [6.07, 6.45) is -0.0138. The molecule has 1 saturated heterocycles. The summed E-state index contributed by atoms with van der Waals surface area (Å²) in [5.74, 6) is -3.86. The van der Waals surface area contributed by atoms with Crippen molar-refractivity contribution in [3.05, 3.63) is 45.5 Å². The molecule has 1 aliphatic rings. The molecule has 0 unspecified atom stereocenters. The van der Waals surface area contributed by atoms with Crippen LogP contribution in [-0.2, 0) is 14.4 Å². The molecular formula is C19H25F2N3O5. The lowest BCUT2D eigenvalue weighted by molar-refractivity contribution is -0.535. The van der Waals surface area contributed by atoms with E-state index in [0.29, 0.717) is 0 Å².